The molecule has 2 rings (SSSR count). The smallest absolute Gasteiger partial charge is 0.328 e. The zero-order valence-corrected chi connectivity index (χ0v) is 11.6. The molecule has 2 heterocycles. The Balaban J connectivity index is 1.99. The summed E-state index contributed by atoms with van der Waals surface area (Å²) in [5.41, 5.74) is 1.27. The van der Waals surface area contributed by atoms with E-state index >= 15 is 0 Å². The molecule has 0 fully saturated rings. The van der Waals surface area contributed by atoms with Crippen LogP contribution in [0.5, 0.6) is 0 Å². The van der Waals surface area contributed by atoms with E-state index in [1.165, 1.54) is 23.7 Å². The zero-order chi connectivity index (χ0) is 14.5. The molecular formula is C14H13NO4S. The maximum Gasteiger partial charge on any atom is 0.328 e. The van der Waals surface area contributed by atoms with Gasteiger partial charge in [-0.2, -0.15) is 0 Å². The molecule has 20 heavy (non-hydrogen) atoms. The summed E-state index contributed by atoms with van der Waals surface area (Å²) >= 11 is 1.46. The third-order valence-corrected chi connectivity index (χ3v) is 3.52. The quantitative estimate of drug-likeness (QED) is 0.830. The van der Waals surface area contributed by atoms with Gasteiger partial charge in [-0.1, -0.05) is 0 Å². The number of aliphatic carboxylic acids is 1. The molecule has 5 nitrogen and oxygen atoms in total. The third kappa shape index (κ3) is 3.58. The fraction of sp³-hybridized carbons (Fsp3) is 0.143. The number of carbonyl (C=O) groups excluding carboxylic acids is 1. The van der Waals surface area contributed by atoms with E-state index in [0.29, 0.717) is 17.9 Å². The van der Waals surface area contributed by atoms with Crippen molar-refractivity contribution in [3.63, 3.8) is 0 Å². The van der Waals surface area contributed by atoms with Crippen molar-refractivity contribution in [3.05, 3.63) is 51.6 Å². The van der Waals surface area contributed by atoms with Crippen LogP contribution in [0.2, 0.25) is 0 Å². The van der Waals surface area contributed by atoms with Gasteiger partial charge in [0.2, 0.25) is 0 Å². The number of aryl methyl sites for hydroxylation is 1. The molecule has 0 aromatic carbocycles. The van der Waals surface area contributed by atoms with E-state index in [2.05, 4.69) is 5.32 Å². The molecule has 0 spiro atoms. The van der Waals surface area contributed by atoms with Gasteiger partial charge in [-0.3, -0.25) is 4.79 Å². The lowest BCUT2D eigenvalue weighted by Crippen LogP contribution is -2.22. The van der Waals surface area contributed by atoms with Crippen molar-refractivity contribution in [2.24, 2.45) is 0 Å². The molecule has 0 saturated heterocycles. The van der Waals surface area contributed by atoms with E-state index in [4.69, 9.17) is 9.52 Å². The topological polar surface area (TPSA) is 79.5 Å². The predicted molar refractivity (Wildman–Crippen MR) is 75.6 cm³/mol. The van der Waals surface area contributed by atoms with E-state index in [9.17, 15) is 9.59 Å². The second kappa shape index (κ2) is 6.21. The number of carboxylic acid groups (broad SMARTS) is 1. The number of hydrogen-bond acceptors (Lipinski definition) is 4. The lowest BCUT2D eigenvalue weighted by Gasteiger charge is -2.02. The van der Waals surface area contributed by atoms with Crippen molar-refractivity contribution in [1.82, 2.24) is 5.32 Å². The van der Waals surface area contributed by atoms with Crippen LogP contribution in [0.1, 0.15) is 26.6 Å². The maximum atomic E-state index is 11.9. The van der Waals surface area contributed by atoms with Crippen molar-refractivity contribution >= 4 is 29.3 Å². The Morgan fingerprint density at radius 2 is 2.30 bits per heavy atom. The molecule has 0 aliphatic heterocycles. The van der Waals surface area contributed by atoms with Crippen LogP contribution in [0.25, 0.3) is 6.08 Å². The summed E-state index contributed by atoms with van der Waals surface area (Å²) in [6.07, 6.45) is 4.00. The first-order valence-corrected chi connectivity index (χ1v) is 6.75. The molecular weight excluding hydrogens is 278 g/mol. The molecule has 0 saturated carbocycles. The Morgan fingerprint density at radius 3 is 2.95 bits per heavy atom. The summed E-state index contributed by atoms with van der Waals surface area (Å²) in [5, 5.41) is 13.2. The minimum atomic E-state index is -1.000. The van der Waals surface area contributed by atoms with Gasteiger partial charge < -0.3 is 14.8 Å². The Hall–Kier alpha value is -2.34. The van der Waals surface area contributed by atoms with Crippen LogP contribution >= 0.6 is 11.3 Å². The zero-order valence-electron chi connectivity index (χ0n) is 10.8. The fourth-order valence-electron chi connectivity index (χ4n) is 1.63. The van der Waals surface area contributed by atoms with Crippen molar-refractivity contribution in [3.8, 4) is 0 Å². The van der Waals surface area contributed by atoms with Gasteiger partial charge in [-0.15, -0.1) is 11.3 Å². The molecule has 0 aliphatic rings. The Morgan fingerprint density at radius 1 is 1.50 bits per heavy atom. The van der Waals surface area contributed by atoms with E-state index in [1.54, 1.807) is 13.0 Å². The summed E-state index contributed by atoms with van der Waals surface area (Å²) < 4.78 is 5.08. The highest BCUT2D eigenvalue weighted by Crippen LogP contribution is 2.18. The van der Waals surface area contributed by atoms with Crippen molar-refractivity contribution in [2.75, 3.05) is 0 Å². The number of furan rings is 1. The molecule has 1 amide bonds. The van der Waals surface area contributed by atoms with Crippen LogP contribution in [0.3, 0.4) is 0 Å². The van der Waals surface area contributed by atoms with Crippen LogP contribution < -0.4 is 5.32 Å². The highest BCUT2D eigenvalue weighted by Gasteiger charge is 2.09. The largest absolute Gasteiger partial charge is 0.478 e. The minimum absolute atomic E-state index is 0.219. The monoisotopic (exact) mass is 291 g/mol. The lowest BCUT2D eigenvalue weighted by atomic mass is 10.2. The molecule has 104 valence electrons. The molecule has 6 heteroatoms. The van der Waals surface area contributed by atoms with E-state index in [1.807, 2.05) is 11.4 Å². The van der Waals surface area contributed by atoms with Gasteiger partial charge in [0.1, 0.15) is 12.0 Å². The first kappa shape index (κ1) is 14.1. The number of nitrogens with one attached hydrogen (secondary N) is 1. The van der Waals surface area contributed by atoms with Crippen LogP contribution in [0, 0.1) is 6.92 Å². The Kier molecular flexibility index (Phi) is 4.37. The van der Waals surface area contributed by atoms with Gasteiger partial charge >= 0.3 is 5.97 Å². The summed E-state index contributed by atoms with van der Waals surface area (Å²) in [5.74, 6) is -0.542. The normalized spacial score (nSPS) is 10.8. The first-order chi connectivity index (χ1) is 9.56. The number of hydrogen-bond donors (Lipinski definition) is 2. The second-order valence-corrected chi connectivity index (χ2v) is 5.10. The maximum absolute atomic E-state index is 11.9. The predicted octanol–water partition coefficient (Wildman–Crippen LogP) is 2.68. The third-order valence-electron chi connectivity index (χ3n) is 2.59. The summed E-state index contributed by atoms with van der Waals surface area (Å²) in [6.45, 7) is 2.12. The van der Waals surface area contributed by atoms with Crippen LogP contribution in [-0.2, 0) is 11.3 Å². The van der Waals surface area contributed by atoms with Gasteiger partial charge in [0.05, 0.1) is 12.1 Å². The SMILES string of the molecule is Cc1cc(C(=O)NCc2sccc2/C=C/C(=O)O)co1. The van der Waals surface area contributed by atoms with Crippen LogP contribution in [0.15, 0.2) is 34.3 Å². The molecule has 0 atom stereocenters. The highest BCUT2D eigenvalue weighted by molar-refractivity contribution is 7.10. The molecule has 2 aromatic rings. The fourth-order valence-corrected chi connectivity index (χ4v) is 2.44. The van der Waals surface area contributed by atoms with Crippen molar-refractivity contribution in [2.45, 2.75) is 13.5 Å². The molecule has 0 radical (unpaired) electrons. The van der Waals surface area contributed by atoms with Gasteiger partial charge in [0, 0.05) is 11.0 Å². The standard InChI is InChI=1S/C14H13NO4S/c1-9-6-11(8-19-9)14(18)15-7-12-10(4-5-20-12)2-3-13(16)17/h2-6,8H,7H2,1H3,(H,15,18)(H,16,17)/b3-2+. The molecule has 2 aromatic heterocycles. The van der Waals surface area contributed by atoms with Crippen LogP contribution in [-0.4, -0.2) is 17.0 Å². The van der Waals surface area contributed by atoms with Crippen molar-refractivity contribution in [1.29, 1.82) is 0 Å². The summed E-state index contributed by atoms with van der Waals surface area (Å²) in [4.78, 5) is 23.2. The minimum Gasteiger partial charge on any atom is -0.478 e. The number of amides is 1. The van der Waals surface area contributed by atoms with Gasteiger partial charge in [-0.05, 0) is 36.1 Å². The van der Waals surface area contributed by atoms with Gasteiger partial charge in [0.15, 0.2) is 0 Å². The number of carbonyl (C=O) groups is 2. The lowest BCUT2D eigenvalue weighted by molar-refractivity contribution is -0.131. The average molecular weight is 291 g/mol. The van der Waals surface area contributed by atoms with E-state index in [-0.39, 0.29) is 5.91 Å². The number of carboxylic acids is 1. The van der Waals surface area contributed by atoms with Gasteiger partial charge in [-0.25, -0.2) is 4.79 Å². The first-order valence-electron chi connectivity index (χ1n) is 5.87. The van der Waals surface area contributed by atoms with Crippen molar-refractivity contribution < 1.29 is 19.1 Å². The number of thiophene rings is 1. The second-order valence-electron chi connectivity index (χ2n) is 4.10. The molecule has 2 N–H and O–H groups in total. The van der Waals surface area contributed by atoms with Gasteiger partial charge in [0.25, 0.3) is 5.91 Å². The Bertz CT molecular complexity index is 654. The molecule has 0 bridgehead atoms. The summed E-state index contributed by atoms with van der Waals surface area (Å²) in [7, 11) is 0. The van der Waals surface area contributed by atoms with E-state index in [0.717, 1.165) is 16.5 Å². The van der Waals surface area contributed by atoms with Crippen LogP contribution in [0.4, 0.5) is 0 Å². The molecule has 0 aliphatic carbocycles. The summed E-state index contributed by atoms with van der Waals surface area (Å²) in [6, 6.07) is 3.47. The van der Waals surface area contributed by atoms with E-state index < -0.39 is 5.97 Å². The average Bonchev–Trinajstić information content (AvgIpc) is 3.02. The molecule has 0 unspecified atom stereocenters. The Labute approximate surface area is 119 Å². The number of rotatable bonds is 5. The highest BCUT2D eigenvalue weighted by atomic mass is 32.1.